The maximum Gasteiger partial charge on any atom is 0.135 e. The van der Waals surface area contributed by atoms with Crippen LogP contribution in [0.4, 0.5) is 0 Å². The van der Waals surface area contributed by atoms with Crippen molar-refractivity contribution >= 4 is 65.6 Å². The number of para-hydroxylation sites is 2. The third kappa shape index (κ3) is 3.71. The summed E-state index contributed by atoms with van der Waals surface area (Å²) in [6.07, 6.45) is 0. The molecule has 0 fully saturated rings. The van der Waals surface area contributed by atoms with E-state index >= 15 is 0 Å². The number of nitrogens with zero attached hydrogens (tertiary/aromatic N) is 3. The molecule has 214 valence electrons. The van der Waals surface area contributed by atoms with Gasteiger partial charge in [-0.05, 0) is 89.8 Å². The van der Waals surface area contributed by atoms with Crippen LogP contribution < -0.4 is 0 Å². The molecule has 9 aromatic rings. The summed E-state index contributed by atoms with van der Waals surface area (Å²) in [5, 5.41) is 16.4. The molecular formula is C41H29N3O. The number of rotatable bonds is 2. The topological polar surface area (TPSA) is 46.8 Å². The Morgan fingerprint density at radius 3 is 1.58 bits per heavy atom. The number of hydrogen-bond donors (Lipinski definition) is 0. The van der Waals surface area contributed by atoms with Gasteiger partial charge in [0.05, 0.1) is 33.7 Å². The van der Waals surface area contributed by atoms with Crippen LogP contribution in [0.25, 0.3) is 76.9 Å². The number of furan rings is 1. The molecule has 0 radical (unpaired) electrons. The van der Waals surface area contributed by atoms with Crippen LogP contribution in [0.1, 0.15) is 31.9 Å². The Kier molecular flexibility index (Phi) is 5.20. The Morgan fingerprint density at radius 1 is 0.511 bits per heavy atom. The first-order valence-corrected chi connectivity index (χ1v) is 15.3. The maximum atomic E-state index is 9.57. The van der Waals surface area contributed by atoms with Crippen LogP contribution >= 0.6 is 0 Å². The lowest BCUT2D eigenvalue weighted by molar-refractivity contribution is 0.591. The van der Waals surface area contributed by atoms with Crippen LogP contribution in [-0.2, 0) is 5.41 Å². The molecule has 0 N–H and O–H groups in total. The van der Waals surface area contributed by atoms with Crippen LogP contribution in [0.5, 0.6) is 0 Å². The molecule has 0 amide bonds. The van der Waals surface area contributed by atoms with Crippen molar-refractivity contribution < 1.29 is 4.42 Å². The minimum atomic E-state index is 0.0676. The van der Waals surface area contributed by atoms with Crippen LogP contribution in [0.15, 0.2) is 126 Å². The zero-order valence-corrected chi connectivity index (χ0v) is 25.3. The van der Waals surface area contributed by atoms with Gasteiger partial charge in [0.2, 0.25) is 0 Å². The van der Waals surface area contributed by atoms with Gasteiger partial charge in [-0.2, -0.15) is 5.26 Å². The second kappa shape index (κ2) is 9.11. The van der Waals surface area contributed by atoms with E-state index in [4.69, 9.17) is 4.42 Å². The summed E-state index contributed by atoms with van der Waals surface area (Å²) in [7, 11) is 0. The van der Waals surface area contributed by atoms with Crippen LogP contribution in [0.2, 0.25) is 0 Å². The Morgan fingerprint density at radius 2 is 1.02 bits per heavy atom. The number of fused-ring (bicyclic) bond motifs is 9. The van der Waals surface area contributed by atoms with Crippen molar-refractivity contribution in [1.29, 1.82) is 5.26 Å². The van der Waals surface area contributed by atoms with Gasteiger partial charge in [-0.15, -0.1) is 0 Å². The summed E-state index contributed by atoms with van der Waals surface area (Å²) in [5.74, 6) is 0. The van der Waals surface area contributed by atoms with Crippen molar-refractivity contribution in [3.8, 4) is 17.4 Å². The first-order valence-electron chi connectivity index (χ1n) is 15.3. The highest BCUT2D eigenvalue weighted by molar-refractivity contribution is 6.12. The van der Waals surface area contributed by atoms with Crippen LogP contribution in [0.3, 0.4) is 0 Å². The summed E-state index contributed by atoms with van der Waals surface area (Å²) in [6.45, 7) is 6.80. The number of nitriles is 1. The Hall–Kier alpha value is -5.79. The van der Waals surface area contributed by atoms with E-state index in [1.165, 1.54) is 27.4 Å². The predicted octanol–water partition coefficient (Wildman–Crippen LogP) is 10.9. The molecule has 3 heterocycles. The quantitative estimate of drug-likeness (QED) is 0.204. The summed E-state index contributed by atoms with van der Waals surface area (Å²) in [5.41, 5.74) is 10.5. The third-order valence-electron chi connectivity index (χ3n) is 9.29. The van der Waals surface area contributed by atoms with Gasteiger partial charge < -0.3 is 13.6 Å². The fraction of sp³-hybridized carbons (Fsp3) is 0.0976. The van der Waals surface area contributed by atoms with Gasteiger partial charge in [-0.25, -0.2) is 0 Å². The molecule has 0 unspecified atom stereocenters. The summed E-state index contributed by atoms with van der Waals surface area (Å²) < 4.78 is 11.0. The highest BCUT2D eigenvalue weighted by Gasteiger charge is 2.19. The van der Waals surface area contributed by atoms with Gasteiger partial charge >= 0.3 is 0 Å². The molecule has 0 aliphatic heterocycles. The van der Waals surface area contributed by atoms with Gasteiger partial charge in [-0.1, -0.05) is 63.2 Å². The van der Waals surface area contributed by atoms with E-state index in [2.05, 4.69) is 145 Å². The van der Waals surface area contributed by atoms with Crippen molar-refractivity contribution in [3.63, 3.8) is 0 Å². The van der Waals surface area contributed by atoms with Crippen LogP contribution in [-0.4, -0.2) is 9.13 Å². The molecule has 0 spiro atoms. The molecule has 0 atom stereocenters. The van der Waals surface area contributed by atoms with Crippen molar-refractivity contribution in [2.75, 3.05) is 0 Å². The minimum Gasteiger partial charge on any atom is -0.456 e. The van der Waals surface area contributed by atoms with Gasteiger partial charge in [0, 0.05) is 43.7 Å². The second-order valence-electron chi connectivity index (χ2n) is 13.0. The smallest absolute Gasteiger partial charge is 0.135 e. The molecule has 6 aromatic carbocycles. The Balaban J connectivity index is 1.28. The average molecular weight is 580 g/mol. The molecule has 45 heavy (non-hydrogen) atoms. The lowest BCUT2D eigenvalue weighted by Gasteiger charge is -2.19. The van der Waals surface area contributed by atoms with Crippen molar-refractivity contribution in [2.24, 2.45) is 0 Å². The fourth-order valence-corrected chi connectivity index (χ4v) is 7.07. The average Bonchev–Trinajstić information content (AvgIpc) is 3.70. The van der Waals surface area contributed by atoms with E-state index in [1.807, 2.05) is 12.1 Å². The summed E-state index contributed by atoms with van der Waals surface area (Å²) >= 11 is 0. The van der Waals surface area contributed by atoms with Crippen molar-refractivity contribution in [2.45, 2.75) is 26.2 Å². The molecule has 3 aromatic heterocycles. The van der Waals surface area contributed by atoms with Gasteiger partial charge in [0.15, 0.2) is 0 Å². The van der Waals surface area contributed by atoms with Crippen molar-refractivity contribution in [3.05, 3.63) is 132 Å². The lowest BCUT2D eigenvalue weighted by atomic mass is 9.86. The first-order chi connectivity index (χ1) is 21.9. The normalized spacial score (nSPS) is 12.3. The fourth-order valence-electron chi connectivity index (χ4n) is 7.07. The molecule has 0 aliphatic rings. The van der Waals surface area contributed by atoms with E-state index < -0.39 is 0 Å². The molecule has 0 aliphatic carbocycles. The van der Waals surface area contributed by atoms with E-state index in [9.17, 15) is 5.26 Å². The molecule has 0 bridgehead atoms. The summed E-state index contributed by atoms with van der Waals surface area (Å²) in [6, 6.07) is 45.1. The second-order valence-corrected chi connectivity index (χ2v) is 13.0. The molecule has 4 heteroatoms. The molecule has 4 nitrogen and oxygen atoms in total. The zero-order valence-electron chi connectivity index (χ0n) is 25.3. The molecular weight excluding hydrogens is 550 g/mol. The van der Waals surface area contributed by atoms with E-state index in [1.54, 1.807) is 0 Å². The largest absolute Gasteiger partial charge is 0.456 e. The van der Waals surface area contributed by atoms with E-state index in [0.717, 1.165) is 55.1 Å². The van der Waals surface area contributed by atoms with E-state index in [-0.39, 0.29) is 5.41 Å². The molecule has 9 rings (SSSR count). The Bertz CT molecular complexity index is 2700. The van der Waals surface area contributed by atoms with Crippen molar-refractivity contribution in [1.82, 2.24) is 9.13 Å². The number of hydrogen-bond acceptors (Lipinski definition) is 2. The predicted molar refractivity (Wildman–Crippen MR) is 186 cm³/mol. The number of aromatic nitrogens is 2. The lowest BCUT2D eigenvalue weighted by Crippen LogP contribution is -2.10. The van der Waals surface area contributed by atoms with Gasteiger partial charge in [-0.3, -0.25) is 0 Å². The monoisotopic (exact) mass is 579 g/mol. The molecule has 0 saturated carbocycles. The van der Waals surface area contributed by atoms with Gasteiger partial charge in [0.1, 0.15) is 11.2 Å². The summed E-state index contributed by atoms with van der Waals surface area (Å²) in [4.78, 5) is 0. The highest BCUT2D eigenvalue weighted by Crippen LogP contribution is 2.39. The molecule has 0 saturated heterocycles. The van der Waals surface area contributed by atoms with E-state index in [0.29, 0.717) is 5.56 Å². The first kappa shape index (κ1) is 25.7. The SMILES string of the molecule is CC(C)(C)c1ccc2c(c1)c1ccccc1n2-c1ccc2oc3ccc(-n4c5ccccc5c5cc(C#N)ccc54)cc3c2c1. The standard InChI is InChI=1S/C41H29N3O/c1-41(2,3)26-13-17-38-32(21-26)30-9-5-7-11-36(30)44(38)28-15-19-40-34(23-28)33-22-27(14-18-39(33)45-40)43-35-10-6-4-8-29(35)31-20-25(24-42)12-16-37(31)43/h4-23H,1-3H3. The maximum absolute atomic E-state index is 9.57. The third-order valence-corrected chi connectivity index (χ3v) is 9.29. The minimum absolute atomic E-state index is 0.0676. The highest BCUT2D eigenvalue weighted by atomic mass is 16.3. The van der Waals surface area contributed by atoms with Crippen LogP contribution in [0, 0.1) is 11.3 Å². The Labute approximate surface area is 259 Å². The van der Waals surface area contributed by atoms with Gasteiger partial charge in [0.25, 0.3) is 0 Å². The zero-order chi connectivity index (χ0) is 30.4. The number of benzene rings is 6.